The topological polar surface area (TPSA) is 90.8 Å². The van der Waals surface area contributed by atoms with E-state index < -0.39 is 11.8 Å². The molecule has 0 spiro atoms. The first-order chi connectivity index (χ1) is 11.0. The van der Waals surface area contributed by atoms with Gasteiger partial charge in [-0.05, 0) is 42.3 Å². The molecule has 0 aliphatic heterocycles. The number of halogens is 1. The van der Waals surface area contributed by atoms with E-state index in [0.717, 1.165) is 0 Å². The van der Waals surface area contributed by atoms with Gasteiger partial charge in [0.25, 0.3) is 0 Å². The minimum atomic E-state index is -0.916. The van der Waals surface area contributed by atoms with Gasteiger partial charge in [0.15, 0.2) is 0 Å². The Kier molecular flexibility index (Phi) is 5.32. The summed E-state index contributed by atoms with van der Waals surface area (Å²) in [5.74, 6) is -1.70. The highest BCUT2D eigenvalue weighted by atomic mass is 35.5. The number of amides is 2. The van der Waals surface area contributed by atoms with Crippen LogP contribution < -0.4 is 10.7 Å². The summed E-state index contributed by atoms with van der Waals surface area (Å²) in [6, 6.07) is 11.3. The standard InChI is InChI=1S/C16H14ClN3O3/c1-10-13(17)6-3-7-14(10)19-15(22)16(23)20-18-9-11-4-2-5-12(21)8-11/h2-9,21H,1H3,(H,19,22)(H,20,23)/b18-9-. The SMILES string of the molecule is Cc1c(Cl)cccc1NC(=O)C(=O)N/N=C\c1cccc(O)c1. The van der Waals surface area contributed by atoms with Crippen LogP contribution >= 0.6 is 11.6 Å². The lowest BCUT2D eigenvalue weighted by Crippen LogP contribution is -2.32. The summed E-state index contributed by atoms with van der Waals surface area (Å²) in [7, 11) is 0. The van der Waals surface area contributed by atoms with E-state index in [0.29, 0.717) is 21.8 Å². The second-order valence-electron chi connectivity index (χ2n) is 4.66. The minimum absolute atomic E-state index is 0.0782. The normalized spacial score (nSPS) is 10.5. The molecule has 2 aromatic rings. The van der Waals surface area contributed by atoms with E-state index in [2.05, 4.69) is 15.8 Å². The molecule has 0 fully saturated rings. The Morgan fingerprint density at radius 1 is 1.17 bits per heavy atom. The maximum atomic E-state index is 11.8. The predicted octanol–water partition coefficient (Wildman–Crippen LogP) is 2.44. The summed E-state index contributed by atoms with van der Waals surface area (Å²) >= 11 is 5.95. The van der Waals surface area contributed by atoms with Crippen LogP contribution in [0.5, 0.6) is 5.75 Å². The van der Waals surface area contributed by atoms with Crippen molar-refractivity contribution in [1.29, 1.82) is 0 Å². The Morgan fingerprint density at radius 3 is 2.65 bits per heavy atom. The van der Waals surface area contributed by atoms with Crippen LogP contribution in [0.1, 0.15) is 11.1 Å². The average molecular weight is 332 g/mol. The van der Waals surface area contributed by atoms with E-state index in [9.17, 15) is 14.7 Å². The van der Waals surface area contributed by atoms with Crippen molar-refractivity contribution in [2.24, 2.45) is 5.10 Å². The van der Waals surface area contributed by atoms with Crippen molar-refractivity contribution in [3.05, 3.63) is 58.6 Å². The maximum Gasteiger partial charge on any atom is 0.329 e. The lowest BCUT2D eigenvalue weighted by atomic mass is 10.2. The summed E-state index contributed by atoms with van der Waals surface area (Å²) < 4.78 is 0. The molecule has 23 heavy (non-hydrogen) atoms. The molecule has 6 nitrogen and oxygen atoms in total. The Morgan fingerprint density at radius 2 is 1.91 bits per heavy atom. The maximum absolute atomic E-state index is 11.8. The lowest BCUT2D eigenvalue weighted by Gasteiger charge is -2.08. The zero-order chi connectivity index (χ0) is 16.8. The van der Waals surface area contributed by atoms with Gasteiger partial charge in [0.05, 0.1) is 6.21 Å². The highest BCUT2D eigenvalue weighted by Crippen LogP contribution is 2.22. The van der Waals surface area contributed by atoms with Crippen LogP contribution in [0.3, 0.4) is 0 Å². The van der Waals surface area contributed by atoms with E-state index in [1.54, 1.807) is 37.3 Å². The monoisotopic (exact) mass is 331 g/mol. The molecule has 118 valence electrons. The largest absolute Gasteiger partial charge is 0.508 e. The van der Waals surface area contributed by atoms with Crippen molar-refractivity contribution in [3.63, 3.8) is 0 Å². The van der Waals surface area contributed by atoms with Crippen LogP contribution in [0.15, 0.2) is 47.6 Å². The second-order valence-corrected chi connectivity index (χ2v) is 5.07. The molecule has 0 aliphatic rings. The third-order valence-corrected chi connectivity index (χ3v) is 3.38. The molecule has 0 bridgehead atoms. The fraction of sp³-hybridized carbons (Fsp3) is 0.0625. The molecule has 0 atom stereocenters. The summed E-state index contributed by atoms with van der Waals surface area (Å²) in [5.41, 5.74) is 3.81. The molecule has 0 unspecified atom stereocenters. The first-order valence-corrected chi connectivity index (χ1v) is 7.03. The third kappa shape index (κ3) is 4.55. The zero-order valence-electron chi connectivity index (χ0n) is 12.2. The molecule has 7 heteroatoms. The van der Waals surface area contributed by atoms with Crippen LogP contribution in [-0.4, -0.2) is 23.1 Å². The van der Waals surface area contributed by atoms with E-state index in [-0.39, 0.29) is 5.75 Å². The number of phenols is 1. The van der Waals surface area contributed by atoms with Crippen molar-refractivity contribution in [3.8, 4) is 5.75 Å². The summed E-state index contributed by atoms with van der Waals surface area (Å²) in [6.45, 7) is 1.73. The highest BCUT2D eigenvalue weighted by Gasteiger charge is 2.14. The molecule has 0 radical (unpaired) electrons. The number of nitrogens with one attached hydrogen (secondary N) is 2. The molecule has 2 amide bonds. The van der Waals surface area contributed by atoms with E-state index in [4.69, 9.17) is 11.6 Å². The second kappa shape index (κ2) is 7.42. The van der Waals surface area contributed by atoms with Gasteiger partial charge in [-0.25, -0.2) is 5.43 Å². The molecule has 3 N–H and O–H groups in total. The number of rotatable bonds is 3. The number of benzene rings is 2. The van der Waals surface area contributed by atoms with Crippen LogP contribution in [0.2, 0.25) is 5.02 Å². The van der Waals surface area contributed by atoms with Gasteiger partial charge in [0.1, 0.15) is 5.75 Å². The number of nitrogens with zero attached hydrogens (tertiary/aromatic N) is 1. The van der Waals surface area contributed by atoms with Gasteiger partial charge in [0, 0.05) is 10.7 Å². The van der Waals surface area contributed by atoms with Gasteiger partial charge in [-0.15, -0.1) is 0 Å². The van der Waals surface area contributed by atoms with Crippen molar-refractivity contribution >= 4 is 35.3 Å². The minimum Gasteiger partial charge on any atom is -0.508 e. The molecule has 0 saturated carbocycles. The van der Waals surface area contributed by atoms with Crippen molar-refractivity contribution < 1.29 is 14.7 Å². The Bertz CT molecular complexity index is 775. The number of anilines is 1. The Hall–Kier alpha value is -2.86. The zero-order valence-corrected chi connectivity index (χ0v) is 13.0. The summed E-state index contributed by atoms with van der Waals surface area (Å²) in [5, 5.41) is 15.9. The van der Waals surface area contributed by atoms with Gasteiger partial charge >= 0.3 is 11.8 Å². The van der Waals surface area contributed by atoms with Gasteiger partial charge in [-0.2, -0.15) is 5.10 Å². The average Bonchev–Trinajstić information content (AvgIpc) is 2.51. The fourth-order valence-electron chi connectivity index (χ4n) is 1.74. The molecule has 2 rings (SSSR count). The van der Waals surface area contributed by atoms with E-state index >= 15 is 0 Å². The van der Waals surface area contributed by atoms with Gasteiger partial charge in [-0.3, -0.25) is 9.59 Å². The predicted molar refractivity (Wildman–Crippen MR) is 88.7 cm³/mol. The number of phenolic OH excluding ortho intramolecular Hbond substituents is 1. The van der Waals surface area contributed by atoms with Crippen molar-refractivity contribution in [2.75, 3.05) is 5.32 Å². The van der Waals surface area contributed by atoms with Crippen molar-refractivity contribution in [2.45, 2.75) is 6.92 Å². The summed E-state index contributed by atoms with van der Waals surface area (Å²) in [6.07, 6.45) is 1.32. The quantitative estimate of drug-likeness (QED) is 0.458. The van der Waals surface area contributed by atoms with Crippen molar-refractivity contribution in [1.82, 2.24) is 5.43 Å². The van der Waals surface area contributed by atoms with E-state index in [1.807, 2.05) is 0 Å². The number of carbonyl (C=O) groups is 2. The molecule has 0 heterocycles. The smallest absolute Gasteiger partial charge is 0.329 e. The number of hydrogen-bond donors (Lipinski definition) is 3. The van der Waals surface area contributed by atoms with Gasteiger partial charge < -0.3 is 10.4 Å². The lowest BCUT2D eigenvalue weighted by molar-refractivity contribution is -0.136. The van der Waals surface area contributed by atoms with Crippen LogP contribution in [0.25, 0.3) is 0 Å². The summed E-state index contributed by atoms with van der Waals surface area (Å²) in [4.78, 5) is 23.5. The molecular weight excluding hydrogens is 318 g/mol. The van der Waals surface area contributed by atoms with E-state index in [1.165, 1.54) is 18.3 Å². The Balaban J connectivity index is 1.95. The van der Waals surface area contributed by atoms with Crippen LogP contribution in [0.4, 0.5) is 5.69 Å². The Labute approximate surface area is 137 Å². The molecule has 2 aromatic carbocycles. The fourth-order valence-corrected chi connectivity index (χ4v) is 1.92. The number of hydrogen-bond acceptors (Lipinski definition) is 4. The van der Waals surface area contributed by atoms with Gasteiger partial charge in [0.2, 0.25) is 0 Å². The van der Waals surface area contributed by atoms with Gasteiger partial charge in [-0.1, -0.05) is 29.8 Å². The molecule has 0 aliphatic carbocycles. The molecule has 0 aromatic heterocycles. The van der Waals surface area contributed by atoms with Crippen LogP contribution in [0, 0.1) is 6.92 Å². The first-order valence-electron chi connectivity index (χ1n) is 6.66. The number of aromatic hydroxyl groups is 1. The third-order valence-electron chi connectivity index (χ3n) is 2.97. The van der Waals surface area contributed by atoms with Crippen LogP contribution in [-0.2, 0) is 9.59 Å². The molecular formula is C16H14ClN3O3. The number of hydrazone groups is 1. The first kappa shape index (κ1) is 16.5. The highest BCUT2D eigenvalue weighted by molar-refractivity contribution is 6.40. The number of carbonyl (C=O) groups excluding carboxylic acids is 2. The molecule has 0 saturated heterocycles.